The topological polar surface area (TPSA) is 67.4 Å². The zero-order valence-corrected chi connectivity index (χ0v) is 12.2. The van der Waals surface area contributed by atoms with Gasteiger partial charge in [0.25, 0.3) is 0 Å². The average Bonchev–Trinajstić information content (AvgIpc) is 2.81. The second-order valence-electron chi connectivity index (χ2n) is 4.58. The van der Waals surface area contributed by atoms with Crippen molar-refractivity contribution in [2.45, 2.75) is 18.9 Å². The van der Waals surface area contributed by atoms with E-state index in [1.807, 2.05) is 0 Å². The maximum Gasteiger partial charge on any atom is 0.229 e. The summed E-state index contributed by atoms with van der Waals surface area (Å²) in [6, 6.07) is 5.12. The lowest BCUT2D eigenvalue weighted by Gasteiger charge is -2.13. The highest BCUT2D eigenvalue weighted by molar-refractivity contribution is 7.92. The quantitative estimate of drug-likeness (QED) is 0.876. The van der Waals surface area contributed by atoms with Crippen molar-refractivity contribution in [1.82, 2.24) is 0 Å². The summed E-state index contributed by atoms with van der Waals surface area (Å²) < 4.78 is 30.1. The summed E-state index contributed by atoms with van der Waals surface area (Å²) in [7, 11) is -3.31. The molecule has 0 aromatic heterocycles. The van der Waals surface area contributed by atoms with E-state index in [9.17, 15) is 8.42 Å². The van der Waals surface area contributed by atoms with E-state index >= 15 is 0 Å². The van der Waals surface area contributed by atoms with Gasteiger partial charge in [0.15, 0.2) is 0 Å². The molecule has 19 heavy (non-hydrogen) atoms. The highest BCUT2D eigenvalue weighted by Crippen LogP contribution is 2.26. The summed E-state index contributed by atoms with van der Waals surface area (Å²) in [5, 5.41) is 3.59. The van der Waals surface area contributed by atoms with E-state index in [4.69, 9.17) is 16.3 Å². The molecule has 2 N–H and O–H groups in total. The molecule has 106 valence electrons. The molecule has 1 fully saturated rings. The molecule has 1 heterocycles. The summed E-state index contributed by atoms with van der Waals surface area (Å²) in [5.41, 5.74) is 1.23. The molecule has 1 aliphatic rings. The highest BCUT2D eigenvalue weighted by Gasteiger charge is 2.15. The molecule has 2 rings (SSSR count). The fraction of sp³-hybridized carbons (Fsp3) is 0.500. The van der Waals surface area contributed by atoms with Crippen LogP contribution in [-0.2, 0) is 14.8 Å². The van der Waals surface area contributed by atoms with Crippen LogP contribution in [0.25, 0.3) is 0 Å². The monoisotopic (exact) mass is 304 g/mol. The van der Waals surface area contributed by atoms with Crippen LogP contribution in [0.1, 0.15) is 12.8 Å². The van der Waals surface area contributed by atoms with Gasteiger partial charge < -0.3 is 10.1 Å². The lowest BCUT2D eigenvalue weighted by molar-refractivity contribution is 0.120. The predicted octanol–water partition coefficient (Wildman–Crippen LogP) is 2.30. The van der Waals surface area contributed by atoms with E-state index in [2.05, 4.69) is 10.0 Å². The van der Waals surface area contributed by atoms with Crippen LogP contribution < -0.4 is 10.0 Å². The van der Waals surface area contributed by atoms with Gasteiger partial charge in [-0.3, -0.25) is 4.72 Å². The Morgan fingerprint density at radius 3 is 2.84 bits per heavy atom. The zero-order chi connectivity index (χ0) is 13.9. The Morgan fingerprint density at radius 1 is 1.47 bits per heavy atom. The Hall–Kier alpha value is -0.980. The van der Waals surface area contributed by atoms with Gasteiger partial charge in [0.1, 0.15) is 0 Å². The molecule has 7 heteroatoms. The summed E-state index contributed by atoms with van der Waals surface area (Å²) in [6.45, 7) is 1.56. The maximum absolute atomic E-state index is 11.1. The van der Waals surface area contributed by atoms with Crippen LogP contribution in [-0.4, -0.2) is 33.9 Å². The van der Waals surface area contributed by atoms with Gasteiger partial charge in [-0.2, -0.15) is 0 Å². The van der Waals surface area contributed by atoms with Crippen molar-refractivity contribution < 1.29 is 13.2 Å². The van der Waals surface area contributed by atoms with E-state index in [-0.39, 0.29) is 6.10 Å². The van der Waals surface area contributed by atoms with Crippen molar-refractivity contribution in [2.24, 2.45) is 0 Å². The summed E-state index contributed by atoms with van der Waals surface area (Å²) in [5.74, 6) is 0. The second kappa shape index (κ2) is 5.98. The molecule has 1 saturated heterocycles. The number of hydrogen-bond donors (Lipinski definition) is 2. The second-order valence-corrected chi connectivity index (χ2v) is 6.74. The Balaban J connectivity index is 1.97. The number of nitrogens with one attached hydrogen (secondary N) is 2. The third-order valence-electron chi connectivity index (χ3n) is 2.82. The van der Waals surface area contributed by atoms with Gasteiger partial charge >= 0.3 is 0 Å². The van der Waals surface area contributed by atoms with Crippen LogP contribution in [0, 0.1) is 0 Å². The Bertz CT molecular complexity index is 542. The molecular formula is C12H17ClN2O3S. The zero-order valence-electron chi connectivity index (χ0n) is 10.6. The molecule has 5 nitrogen and oxygen atoms in total. The van der Waals surface area contributed by atoms with Gasteiger partial charge in [-0.15, -0.1) is 0 Å². The number of benzene rings is 1. The number of hydrogen-bond acceptors (Lipinski definition) is 4. The van der Waals surface area contributed by atoms with Gasteiger partial charge in [-0.25, -0.2) is 8.42 Å². The SMILES string of the molecule is CS(=O)(=O)Nc1ccc(NCC2CCCO2)cc1Cl. The summed E-state index contributed by atoms with van der Waals surface area (Å²) >= 11 is 6.03. The van der Waals surface area contributed by atoms with E-state index in [0.717, 1.165) is 37.9 Å². The maximum atomic E-state index is 11.1. The Morgan fingerprint density at radius 2 is 2.26 bits per heavy atom. The van der Waals surface area contributed by atoms with Crippen LogP contribution in [0.15, 0.2) is 18.2 Å². The fourth-order valence-corrected chi connectivity index (χ4v) is 2.81. The molecule has 1 unspecified atom stereocenters. The van der Waals surface area contributed by atoms with Gasteiger partial charge in [0, 0.05) is 18.8 Å². The molecule has 0 radical (unpaired) electrons. The Labute approximate surface area is 118 Å². The smallest absolute Gasteiger partial charge is 0.229 e. The van der Waals surface area contributed by atoms with Crippen molar-refractivity contribution in [3.05, 3.63) is 23.2 Å². The third kappa shape index (κ3) is 4.56. The van der Waals surface area contributed by atoms with Crippen LogP contribution in [0.5, 0.6) is 0 Å². The average molecular weight is 305 g/mol. The molecule has 1 atom stereocenters. The molecule has 0 saturated carbocycles. The first-order valence-corrected chi connectivity index (χ1v) is 8.34. The molecule has 0 bridgehead atoms. The molecule has 0 aliphatic carbocycles. The molecule has 1 aliphatic heterocycles. The highest BCUT2D eigenvalue weighted by atomic mass is 35.5. The first-order chi connectivity index (χ1) is 8.94. The lowest BCUT2D eigenvalue weighted by Crippen LogP contribution is -2.18. The fourth-order valence-electron chi connectivity index (χ4n) is 1.94. The van der Waals surface area contributed by atoms with Crippen molar-refractivity contribution in [1.29, 1.82) is 0 Å². The first kappa shape index (κ1) is 14.4. The van der Waals surface area contributed by atoms with Gasteiger partial charge in [0.2, 0.25) is 10.0 Å². The molecule has 1 aromatic carbocycles. The van der Waals surface area contributed by atoms with Crippen LogP contribution in [0.3, 0.4) is 0 Å². The lowest BCUT2D eigenvalue weighted by atomic mass is 10.2. The minimum atomic E-state index is -3.31. The normalized spacial score (nSPS) is 19.4. The van der Waals surface area contributed by atoms with Crippen LogP contribution in [0.4, 0.5) is 11.4 Å². The Kier molecular flexibility index (Phi) is 4.54. The minimum absolute atomic E-state index is 0.243. The molecule has 0 spiro atoms. The largest absolute Gasteiger partial charge is 0.382 e. The third-order valence-corrected chi connectivity index (χ3v) is 3.73. The number of ether oxygens (including phenoxy) is 1. The predicted molar refractivity (Wildman–Crippen MR) is 77.4 cm³/mol. The number of anilines is 2. The summed E-state index contributed by atoms with van der Waals surface area (Å²) in [6.07, 6.45) is 3.50. The van der Waals surface area contributed by atoms with Gasteiger partial charge in [-0.05, 0) is 31.0 Å². The van der Waals surface area contributed by atoms with E-state index in [1.54, 1.807) is 18.2 Å². The van der Waals surface area contributed by atoms with E-state index in [0.29, 0.717) is 10.7 Å². The molecular weight excluding hydrogens is 288 g/mol. The standard InChI is InChI=1S/C12H17ClN2O3S/c1-19(16,17)15-12-5-4-9(7-11(12)13)14-8-10-3-2-6-18-10/h4-5,7,10,14-15H,2-3,6,8H2,1H3. The van der Waals surface area contributed by atoms with Crippen molar-refractivity contribution in [3.63, 3.8) is 0 Å². The molecule has 1 aromatic rings. The number of rotatable bonds is 5. The van der Waals surface area contributed by atoms with Crippen molar-refractivity contribution in [2.75, 3.05) is 29.4 Å². The van der Waals surface area contributed by atoms with E-state index < -0.39 is 10.0 Å². The van der Waals surface area contributed by atoms with Gasteiger partial charge in [-0.1, -0.05) is 11.6 Å². The summed E-state index contributed by atoms with van der Waals surface area (Å²) in [4.78, 5) is 0. The van der Waals surface area contributed by atoms with Crippen LogP contribution in [0.2, 0.25) is 5.02 Å². The minimum Gasteiger partial charge on any atom is -0.382 e. The number of sulfonamides is 1. The molecule has 0 amide bonds. The first-order valence-electron chi connectivity index (χ1n) is 6.07. The van der Waals surface area contributed by atoms with Crippen molar-refractivity contribution in [3.8, 4) is 0 Å². The number of halogens is 1. The van der Waals surface area contributed by atoms with Crippen molar-refractivity contribution >= 4 is 33.0 Å². The van der Waals surface area contributed by atoms with E-state index in [1.165, 1.54) is 0 Å². The van der Waals surface area contributed by atoms with Crippen LogP contribution >= 0.6 is 11.6 Å². The van der Waals surface area contributed by atoms with Gasteiger partial charge in [0.05, 0.1) is 23.1 Å².